The predicted molar refractivity (Wildman–Crippen MR) is 133 cm³/mol. The summed E-state index contributed by atoms with van der Waals surface area (Å²) in [5.74, 6) is 2.07. The molecule has 31 heavy (non-hydrogen) atoms. The number of amides is 1. The van der Waals surface area contributed by atoms with Crippen molar-refractivity contribution in [1.82, 2.24) is 10.6 Å². The molecule has 2 aromatic rings. The number of benzene rings is 2. The van der Waals surface area contributed by atoms with E-state index in [9.17, 15) is 4.79 Å². The van der Waals surface area contributed by atoms with Crippen LogP contribution in [0.1, 0.15) is 18.1 Å². The van der Waals surface area contributed by atoms with E-state index < -0.39 is 0 Å². The minimum atomic E-state index is -0.179. The van der Waals surface area contributed by atoms with Crippen LogP contribution in [-0.4, -0.2) is 45.8 Å². The molecule has 2 aromatic carbocycles. The summed E-state index contributed by atoms with van der Waals surface area (Å²) < 4.78 is 16.0. The van der Waals surface area contributed by atoms with Crippen LogP contribution in [0.2, 0.25) is 0 Å². The second-order valence-corrected chi connectivity index (χ2v) is 6.45. The van der Waals surface area contributed by atoms with Crippen LogP contribution in [0, 0.1) is 0 Å². The molecular weight excluding hydrogens is 511 g/mol. The molecule has 0 aliphatic rings. The van der Waals surface area contributed by atoms with E-state index >= 15 is 0 Å². The van der Waals surface area contributed by atoms with Gasteiger partial charge in [0.15, 0.2) is 24.1 Å². The van der Waals surface area contributed by atoms with Gasteiger partial charge in [-0.2, -0.15) is 0 Å². The van der Waals surface area contributed by atoms with Crippen molar-refractivity contribution in [2.45, 2.75) is 19.9 Å². The molecule has 9 heteroatoms. The molecule has 0 heterocycles. The fourth-order valence-electron chi connectivity index (χ4n) is 2.68. The Morgan fingerprint density at radius 2 is 1.71 bits per heavy atom. The van der Waals surface area contributed by atoms with E-state index in [-0.39, 0.29) is 36.5 Å². The molecule has 0 saturated carbocycles. The Bertz CT molecular complexity index is 844. The average Bonchev–Trinajstić information content (AvgIpc) is 2.77. The second kappa shape index (κ2) is 14.3. The van der Waals surface area contributed by atoms with Crippen LogP contribution in [0.3, 0.4) is 0 Å². The van der Waals surface area contributed by atoms with E-state index in [1.807, 2.05) is 43.3 Å². The zero-order chi connectivity index (χ0) is 21.8. The number of nitrogens with one attached hydrogen (secondary N) is 2. The second-order valence-electron chi connectivity index (χ2n) is 6.45. The molecular formula is C22H31IN4O4. The van der Waals surface area contributed by atoms with Crippen molar-refractivity contribution in [3.8, 4) is 17.2 Å². The number of ether oxygens (including phenoxy) is 3. The minimum absolute atomic E-state index is 0. The molecule has 0 saturated heterocycles. The summed E-state index contributed by atoms with van der Waals surface area (Å²) in [6.07, 6.45) is 0.825. The maximum Gasteiger partial charge on any atom is 0.257 e. The molecule has 2 rings (SSSR count). The molecule has 0 unspecified atom stereocenters. The molecule has 0 atom stereocenters. The molecule has 4 N–H and O–H groups in total. The first-order chi connectivity index (χ1) is 14.5. The van der Waals surface area contributed by atoms with Crippen molar-refractivity contribution in [3.05, 3.63) is 53.6 Å². The first-order valence-electron chi connectivity index (χ1n) is 9.78. The standard InChI is InChI=1S/C22H30N4O4.HI/c1-4-24-21(27)15-30-19-10-7-17(13-20(19)29-3)14-26-22(23)25-12-11-16-5-8-18(28-2)9-6-16;/h5-10,13H,4,11-12,14-15H2,1-3H3,(H,24,27)(H3,23,25,26);1H. The van der Waals surface area contributed by atoms with Crippen LogP contribution >= 0.6 is 24.0 Å². The highest BCUT2D eigenvalue weighted by molar-refractivity contribution is 14.0. The molecule has 1 amide bonds. The lowest BCUT2D eigenvalue weighted by Gasteiger charge is -2.12. The lowest BCUT2D eigenvalue weighted by molar-refractivity contribution is -0.123. The third-order valence-electron chi connectivity index (χ3n) is 4.27. The van der Waals surface area contributed by atoms with Gasteiger partial charge in [0.05, 0.1) is 20.8 Å². The highest BCUT2D eigenvalue weighted by Gasteiger charge is 2.08. The van der Waals surface area contributed by atoms with Gasteiger partial charge >= 0.3 is 0 Å². The van der Waals surface area contributed by atoms with Crippen LogP contribution in [0.4, 0.5) is 0 Å². The lowest BCUT2D eigenvalue weighted by Crippen LogP contribution is -2.33. The molecule has 0 fully saturated rings. The number of rotatable bonds is 11. The van der Waals surface area contributed by atoms with E-state index in [1.54, 1.807) is 20.3 Å². The van der Waals surface area contributed by atoms with Crippen LogP contribution < -0.4 is 30.6 Å². The van der Waals surface area contributed by atoms with Crippen LogP contribution in [0.25, 0.3) is 0 Å². The van der Waals surface area contributed by atoms with Gasteiger partial charge in [0.25, 0.3) is 5.91 Å². The van der Waals surface area contributed by atoms with Gasteiger partial charge in [0.2, 0.25) is 0 Å². The quantitative estimate of drug-likeness (QED) is 0.229. The van der Waals surface area contributed by atoms with Crippen LogP contribution in [-0.2, 0) is 17.8 Å². The molecule has 0 spiro atoms. The van der Waals surface area contributed by atoms with Gasteiger partial charge in [0, 0.05) is 13.1 Å². The Hall–Kier alpha value is -2.69. The summed E-state index contributed by atoms with van der Waals surface area (Å²) in [4.78, 5) is 15.9. The number of carbonyl (C=O) groups excluding carboxylic acids is 1. The van der Waals surface area contributed by atoms with E-state index in [2.05, 4.69) is 15.6 Å². The SMILES string of the molecule is CCNC(=O)COc1ccc(CN=C(N)NCCc2ccc(OC)cc2)cc1OC.I. The van der Waals surface area contributed by atoms with Crippen molar-refractivity contribution < 1.29 is 19.0 Å². The third-order valence-corrected chi connectivity index (χ3v) is 4.27. The Kier molecular flexibility index (Phi) is 12.2. The fourth-order valence-corrected chi connectivity index (χ4v) is 2.68. The van der Waals surface area contributed by atoms with E-state index in [4.69, 9.17) is 19.9 Å². The Morgan fingerprint density at radius 3 is 2.35 bits per heavy atom. The van der Waals surface area contributed by atoms with E-state index in [0.29, 0.717) is 37.1 Å². The Morgan fingerprint density at radius 1 is 1.00 bits per heavy atom. The minimum Gasteiger partial charge on any atom is -0.497 e. The molecule has 8 nitrogen and oxygen atoms in total. The van der Waals surface area contributed by atoms with Gasteiger partial charge < -0.3 is 30.6 Å². The van der Waals surface area contributed by atoms with Gasteiger partial charge in [-0.05, 0) is 48.7 Å². The summed E-state index contributed by atoms with van der Waals surface area (Å²) in [6.45, 7) is 3.43. The molecule has 170 valence electrons. The molecule has 0 bridgehead atoms. The largest absolute Gasteiger partial charge is 0.497 e. The van der Waals surface area contributed by atoms with Gasteiger partial charge in [-0.1, -0.05) is 18.2 Å². The van der Waals surface area contributed by atoms with E-state index in [1.165, 1.54) is 5.56 Å². The topological polar surface area (TPSA) is 107 Å². The van der Waals surface area contributed by atoms with Gasteiger partial charge in [-0.15, -0.1) is 24.0 Å². The van der Waals surface area contributed by atoms with Crippen molar-refractivity contribution in [1.29, 1.82) is 0 Å². The third kappa shape index (κ3) is 9.33. The van der Waals surface area contributed by atoms with Crippen LogP contribution in [0.15, 0.2) is 47.5 Å². The summed E-state index contributed by atoms with van der Waals surface area (Å²) in [6, 6.07) is 13.4. The zero-order valence-corrected chi connectivity index (χ0v) is 20.5. The molecule has 0 aromatic heterocycles. The molecule has 0 radical (unpaired) electrons. The number of halogens is 1. The summed E-state index contributed by atoms with van der Waals surface area (Å²) in [5.41, 5.74) is 8.06. The number of methoxy groups -OCH3 is 2. The smallest absolute Gasteiger partial charge is 0.257 e. The normalized spacial score (nSPS) is 10.6. The Balaban J connectivity index is 0.00000480. The number of carbonyl (C=O) groups is 1. The summed E-state index contributed by atoms with van der Waals surface area (Å²) >= 11 is 0. The fraction of sp³-hybridized carbons (Fsp3) is 0.364. The average molecular weight is 542 g/mol. The number of hydrogen-bond donors (Lipinski definition) is 3. The lowest BCUT2D eigenvalue weighted by atomic mass is 10.1. The predicted octanol–water partition coefficient (Wildman–Crippen LogP) is 2.48. The molecule has 0 aliphatic heterocycles. The number of aliphatic imine (C=N–C) groups is 1. The van der Waals surface area contributed by atoms with Gasteiger partial charge in [-0.3, -0.25) is 4.79 Å². The number of likely N-dealkylation sites (N-methyl/N-ethyl adjacent to an activating group) is 1. The molecule has 0 aliphatic carbocycles. The van der Waals surface area contributed by atoms with Gasteiger partial charge in [0.1, 0.15) is 5.75 Å². The summed E-state index contributed by atoms with van der Waals surface area (Å²) in [7, 11) is 3.20. The zero-order valence-electron chi connectivity index (χ0n) is 18.1. The number of nitrogens with zero attached hydrogens (tertiary/aromatic N) is 1. The highest BCUT2D eigenvalue weighted by Crippen LogP contribution is 2.28. The Labute approximate surface area is 200 Å². The van der Waals surface area contributed by atoms with Crippen molar-refractivity contribution >= 4 is 35.8 Å². The van der Waals surface area contributed by atoms with Crippen molar-refractivity contribution in [3.63, 3.8) is 0 Å². The van der Waals surface area contributed by atoms with Crippen LogP contribution in [0.5, 0.6) is 17.2 Å². The van der Waals surface area contributed by atoms with Crippen molar-refractivity contribution in [2.24, 2.45) is 10.7 Å². The monoisotopic (exact) mass is 542 g/mol. The number of guanidine groups is 1. The maximum atomic E-state index is 11.5. The first kappa shape index (κ1) is 26.3. The highest BCUT2D eigenvalue weighted by atomic mass is 127. The first-order valence-corrected chi connectivity index (χ1v) is 9.78. The maximum absolute atomic E-state index is 11.5. The number of nitrogens with two attached hydrogens (primary N) is 1. The van der Waals surface area contributed by atoms with Gasteiger partial charge in [-0.25, -0.2) is 4.99 Å². The van der Waals surface area contributed by atoms with Crippen molar-refractivity contribution in [2.75, 3.05) is 33.9 Å². The summed E-state index contributed by atoms with van der Waals surface area (Å²) in [5, 5.41) is 5.79. The van der Waals surface area contributed by atoms with E-state index in [0.717, 1.165) is 17.7 Å². The number of hydrogen-bond acceptors (Lipinski definition) is 5.